The van der Waals surface area contributed by atoms with Gasteiger partial charge in [-0.15, -0.1) is 11.3 Å². The smallest absolute Gasteiger partial charge is 0.260 e. The first-order valence-corrected chi connectivity index (χ1v) is 8.89. The maximum Gasteiger partial charge on any atom is 0.260 e. The Labute approximate surface area is 128 Å². The van der Waals surface area contributed by atoms with Crippen molar-refractivity contribution in [3.63, 3.8) is 0 Å². The van der Waals surface area contributed by atoms with Gasteiger partial charge in [0, 0.05) is 41.8 Å². The average Bonchev–Trinajstić information content (AvgIpc) is 3.08. The molecule has 21 heavy (non-hydrogen) atoms. The van der Waals surface area contributed by atoms with Gasteiger partial charge in [-0.25, -0.2) is 18.1 Å². The van der Waals surface area contributed by atoms with Gasteiger partial charge < -0.3 is 5.32 Å². The van der Waals surface area contributed by atoms with Crippen molar-refractivity contribution in [3.8, 4) is 0 Å². The van der Waals surface area contributed by atoms with Crippen LogP contribution >= 0.6 is 11.3 Å². The molecule has 1 atom stereocenters. The first-order valence-electron chi connectivity index (χ1n) is 6.53. The predicted molar refractivity (Wildman–Crippen MR) is 81.8 cm³/mol. The van der Waals surface area contributed by atoms with Crippen LogP contribution in [0.5, 0.6) is 0 Å². The fourth-order valence-electron chi connectivity index (χ4n) is 1.91. The highest BCUT2D eigenvalue weighted by molar-refractivity contribution is 7.89. The zero-order chi connectivity index (χ0) is 15.5. The summed E-state index contributed by atoms with van der Waals surface area (Å²) < 4.78 is 27.4. The highest BCUT2D eigenvalue weighted by atomic mass is 32.2. The number of hydrogen-bond acceptors (Lipinski definition) is 6. The van der Waals surface area contributed by atoms with E-state index in [1.54, 1.807) is 20.2 Å². The van der Waals surface area contributed by atoms with E-state index in [4.69, 9.17) is 0 Å². The molecule has 2 aromatic rings. The summed E-state index contributed by atoms with van der Waals surface area (Å²) in [6, 6.07) is 0. The predicted octanol–water partition coefficient (Wildman–Crippen LogP) is 0.976. The van der Waals surface area contributed by atoms with Crippen LogP contribution in [0.15, 0.2) is 16.6 Å². The molecule has 2 rings (SSSR count). The summed E-state index contributed by atoms with van der Waals surface area (Å²) in [5.74, 6) is 0.0209. The Balaban J connectivity index is 2.12. The summed E-state index contributed by atoms with van der Waals surface area (Å²) in [5.41, 5.74) is 1.41. The second-order valence-electron chi connectivity index (χ2n) is 4.79. The number of nitrogens with one attached hydrogen (secondary N) is 3. The SMILES string of the molecule is CNCc1c(S(=O)(=O)NCC(C)c2nccs2)n[nH]c1C. The van der Waals surface area contributed by atoms with Gasteiger partial charge in [-0.2, -0.15) is 5.10 Å². The third kappa shape index (κ3) is 3.67. The van der Waals surface area contributed by atoms with E-state index in [2.05, 4.69) is 25.2 Å². The first kappa shape index (κ1) is 16.1. The van der Waals surface area contributed by atoms with Crippen molar-refractivity contribution in [2.75, 3.05) is 13.6 Å². The van der Waals surface area contributed by atoms with E-state index < -0.39 is 10.0 Å². The standard InChI is InChI=1S/C12H19N5O2S2/c1-8(11-14-4-5-20-11)6-15-21(18,19)12-10(7-13-3)9(2)16-17-12/h4-5,8,13,15H,6-7H2,1-3H3,(H,16,17). The lowest BCUT2D eigenvalue weighted by molar-refractivity contribution is 0.568. The van der Waals surface area contributed by atoms with E-state index in [9.17, 15) is 8.42 Å². The molecule has 1 unspecified atom stereocenters. The van der Waals surface area contributed by atoms with Crippen molar-refractivity contribution in [2.45, 2.75) is 31.3 Å². The quantitative estimate of drug-likeness (QED) is 0.703. The maximum absolute atomic E-state index is 12.4. The first-order chi connectivity index (χ1) is 9.95. The number of sulfonamides is 1. The molecule has 0 aliphatic carbocycles. The lowest BCUT2D eigenvalue weighted by Crippen LogP contribution is -2.29. The number of hydrogen-bond donors (Lipinski definition) is 3. The number of aryl methyl sites for hydroxylation is 1. The molecule has 3 N–H and O–H groups in total. The van der Waals surface area contributed by atoms with Crippen molar-refractivity contribution < 1.29 is 8.42 Å². The van der Waals surface area contributed by atoms with Crippen LogP contribution in [-0.2, 0) is 16.6 Å². The van der Waals surface area contributed by atoms with Gasteiger partial charge in [0.05, 0.1) is 5.01 Å². The molecule has 0 fully saturated rings. The van der Waals surface area contributed by atoms with Crippen LogP contribution in [-0.4, -0.2) is 37.2 Å². The van der Waals surface area contributed by atoms with Crippen molar-refractivity contribution >= 4 is 21.4 Å². The molecule has 0 aliphatic rings. The van der Waals surface area contributed by atoms with E-state index >= 15 is 0 Å². The molecule has 0 saturated carbocycles. The molecule has 0 saturated heterocycles. The number of aromatic nitrogens is 3. The summed E-state index contributed by atoms with van der Waals surface area (Å²) in [7, 11) is -1.87. The Morgan fingerprint density at radius 1 is 1.48 bits per heavy atom. The second-order valence-corrected chi connectivity index (χ2v) is 7.39. The highest BCUT2D eigenvalue weighted by Crippen LogP contribution is 2.19. The lowest BCUT2D eigenvalue weighted by atomic mass is 10.2. The molecule has 116 valence electrons. The van der Waals surface area contributed by atoms with Crippen LogP contribution in [0.1, 0.15) is 29.1 Å². The van der Waals surface area contributed by atoms with Gasteiger partial charge in [-0.1, -0.05) is 6.92 Å². The Hall–Kier alpha value is -1.29. The Morgan fingerprint density at radius 2 is 2.24 bits per heavy atom. The monoisotopic (exact) mass is 329 g/mol. The normalized spacial score (nSPS) is 13.5. The second kappa shape index (κ2) is 6.65. The van der Waals surface area contributed by atoms with Gasteiger partial charge in [-0.05, 0) is 14.0 Å². The fraction of sp³-hybridized carbons (Fsp3) is 0.500. The van der Waals surface area contributed by atoms with E-state index in [-0.39, 0.29) is 10.9 Å². The average molecular weight is 329 g/mol. The minimum atomic E-state index is -3.63. The van der Waals surface area contributed by atoms with Crippen LogP contribution in [0.25, 0.3) is 0 Å². The molecule has 2 aromatic heterocycles. The molecule has 0 radical (unpaired) electrons. The number of thiazole rings is 1. The van der Waals surface area contributed by atoms with Gasteiger partial charge in [0.1, 0.15) is 0 Å². The van der Waals surface area contributed by atoms with Crippen molar-refractivity contribution in [2.24, 2.45) is 0 Å². The number of rotatable bonds is 7. The Morgan fingerprint density at radius 3 is 2.86 bits per heavy atom. The van der Waals surface area contributed by atoms with Gasteiger partial charge in [0.2, 0.25) is 0 Å². The Bertz CT molecular complexity index is 679. The number of aromatic amines is 1. The van der Waals surface area contributed by atoms with Gasteiger partial charge in [0.25, 0.3) is 10.0 Å². The van der Waals surface area contributed by atoms with Crippen LogP contribution in [0.4, 0.5) is 0 Å². The number of H-pyrrole nitrogens is 1. The van der Waals surface area contributed by atoms with Crippen LogP contribution < -0.4 is 10.0 Å². The third-order valence-electron chi connectivity index (χ3n) is 3.10. The number of nitrogens with zero attached hydrogens (tertiary/aromatic N) is 2. The van der Waals surface area contributed by atoms with Crippen LogP contribution in [0.2, 0.25) is 0 Å². The van der Waals surface area contributed by atoms with E-state index in [0.29, 0.717) is 18.7 Å². The topological polar surface area (TPSA) is 99.8 Å². The zero-order valence-corrected chi connectivity index (χ0v) is 13.8. The minimum absolute atomic E-state index is 0.0209. The van der Waals surface area contributed by atoms with E-state index in [1.807, 2.05) is 12.3 Å². The maximum atomic E-state index is 12.4. The fourth-order valence-corrected chi connectivity index (χ4v) is 3.93. The Kier molecular flexibility index (Phi) is 5.09. The molecular weight excluding hydrogens is 310 g/mol. The summed E-state index contributed by atoms with van der Waals surface area (Å²) in [6.07, 6.45) is 1.72. The van der Waals surface area contributed by atoms with Gasteiger partial charge in [-0.3, -0.25) is 5.10 Å². The molecular formula is C12H19N5O2S2. The third-order valence-corrected chi connectivity index (χ3v) is 5.50. The molecule has 0 aliphatic heterocycles. The lowest BCUT2D eigenvalue weighted by Gasteiger charge is -2.10. The van der Waals surface area contributed by atoms with Crippen molar-refractivity contribution in [3.05, 3.63) is 27.8 Å². The zero-order valence-electron chi connectivity index (χ0n) is 12.2. The highest BCUT2D eigenvalue weighted by Gasteiger charge is 2.24. The van der Waals surface area contributed by atoms with Crippen molar-refractivity contribution in [1.82, 2.24) is 25.2 Å². The molecule has 0 bridgehead atoms. The molecule has 0 aromatic carbocycles. The van der Waals surface area contributed by atoms with Gasteiger partial charge >= 0.3 is 0 Å². The van der Waals surface area contributed by atoms with E-state index in [1.165, 1.54) is 11.3 Å². The molecule has 9 heteroatoms. The minimum Gasteiger partial charge on any atom is -0.316 e. The van der Waals surface area contributed by atoms with E-state index in [0.717, 1.165) is 10.7 Å². The summed E-state index contributed by atoms with van der Waals surface area (Å²) in [4.78, 5) is 4.19. The summed E-state index contributed by atoms with van der Waals surface area (Å²) in [5, 5.41) is 12.4. The van der Waals surface area contributed by atoms with Crippen LogP contribution in [0.3, 0.4) is 0 Å². The van der Waals surface area contributed by atoms with Gasteiger partial charge in [0.15, 0.2) is 5.03 Å². The molecule has 0 amide bonds. The molecule has 2 heterocycles. The van der Waals surface area contributed by atoms with Crippen LogP contribution in [0, 0.1) is 6.92 Å². The summed E-state index contributed by atoms with van der Waals surface area (Å²) in [6.45, 7) is 4.48. The van der Waals surface area contributed by atoms with Crippen molar-refractivity contribution in [1.29, 1.82) is 0 Å². The molecule has 0 spiro atoms. The summed E-state index contributed by atoms with van der Waals surface area (Å²) >= 11 is 1.52. The molecule has 7 nitrogen and oxygen atoms in total. The largest absolute Gasteiger partial charge is 0.316 e.